The Kier molecular flexibility index (Phi) is 4.90. The Morgan fingerprint density at radius 2 is 1.88 bits per heavy atom. The first-order valence-electron chi connectivity index (χ1n) is 8.50. The smallest absolute Gasteiger partial charge is 0.252 e. The van der Waals surface area contributed by atoms with Gasteiger partial charge in [0.05, 0.1) is 0 Å². The number of nitrogens with zero attached hydrogens (tertiary/aromatic N) is 4. The molecule has 0 amide bonds. The van der Waals surface area contributed by atoms with Crippen molar-refractivity contribution in [2.24, 2.45) is 0 Å². The molecule has 0 spiro atoms. The van der Waals surface area contributed by atoms with E-state index in [0.717, 1.165) is 30.9 Å². The average molecular weight is 352 g/mol. The van der Waals surface area contributed by atoms with Gasteiger partial charge in [-0.2, -0.15) is 4.98 Å². The fourth-order valence-corrected chi connectivity index (χ4v) is 2.90. The molecule has 1 fully saturated rings. The molecule has 134 valence electrons. The number of benzene rings is 1. The second-order valence-corrected chi connectivity index (χ2v) is 6.26. The molecule has 7 nitrogen and oxygen atoms in total. The fourth-order valence-electron chi connectivity index (χ4n) is 2.90. The second-order valence-electron chi connectivity index (χ2n) is 6.26. The molecule has 1 aromatic carbocycles. The molecule has 2 aromatic heterocycles. The number of ether oxygens (including phenoxy) is 2. The molecule has 3 heterocycles. The third kappa shape index (κ3) is 3.89. The first kappa shape index (κ1) is 16.7. The fraction of sp³-hybridized carbons (Fsp3) is 0.316. The van der Waals surface area contributed by atoms with Gasteiger partial charge in [0.15, 0.2) is 0 Å². The van der Waals surface area contributed by atoms with E-state index in [9.17, 15) is 0 Å². The summed E-state index contributed by atoms with van der Waals surface area (Å²) in [6, 6.07) is 11.8. The summed E-state index contributed by atoms with van der Waals surface area (Å²) >= 11 is 0. The van der Waals surface area contributed by atoms with Crippen molar-refractivity contribution in [1.29, 1.82) is 0 Å². The number of hydrogen-bond donors (Lipinski definition) is 0. The number of hydrogen-bond acceptors (Lipinski definition) is 7. The lowest BCUT2D eigenvalue weighted by Crippen LogP contribution is -2.53. The first-order chi connectivity index (χ1) is 12.8. The Morgan fingerprint density at radius 3 is 2.62 bits per heavy atom. The van der Waals surface area contributed by atoms with Crippen LogP contribution in [0.25, 0.3) is 11.4 Å². The molecule has 0 radical (unpaired) electrons. The summed E-state index contributed by atoms with van der Waals surface area (Å²) < 4.78 is 16.1. The van der Waals surface area contributed by atoms with Gasteiger partial charge in [-0.3, -0.25) is 9.88 Å². The van der Waals surface area contributed by atoms with Gasteiger partial charge in [-0.25, -0.2) is 0 Å². The standard InChI is InChI=1S/C19H20N4O3/c1-24-13-18-21-19(22-26-18)15-2-4-16(5-3-15)25-17-11-23(12-17)10-14-6-8-20-9-7-14/h2-9,17H,10-13H2,1H3. The van der Waals surface area contributed by atoms with Gasteiger partial charge >= 0.3 is 0 Å². The molecule has 0 unspecified atom stereocenters. The minimum atomic E-state index is 0.223. The van der Waals surface area contributed by atoms with Crippen LogP contribution in [0.2, 0.25) is 0 Å². The van der Waals surface area contributed by atoms with Crippen LogP contribution in [0.1, 0.15) is 11.5 Å². The van der Waals surface area contributed by atoms with Crippen LogP contribution >= 0.6 is 0 Å². The third-order valence-corrected chi connectivity index (χ3v) is 4.23. The second kappa shape index (κ2) is 7.63. The minimum Gasteiger partial charge on any atom is -0.488 e. The topological polar surface area (TPSA) is 73.5 Å². The van der Waals surface area contributed by atoms with Gasteiger partial charge in [0, 0.05) is 44.7 Å². The van der Waals surface area contributed by atoms with Gasteiger partial charge in [0.1, 0.15) is 18.5 Å². The van der Waals surface area contributed by atoms with E-state index in [1.54, 1.807) is 7.11 Å². The van der Waals surface area contributed by atoms with Gasteiger partial charge < -0.3 is 14.0 Å². The molecule has 1 aliphatic rings. The monoisotopic (exact) mass is 352 g/mol. The third-order valence-electron chi connectivity index (χ3n) is 4.23. The largest absolute Gasteiger partial charge is 0.488 e. The van der Waals surface area contributed by atoms with Crippen molar-refractivity contribution >= 4 is 0 Å². The van der Waals surface area contributed by atoms with Gasteiger partial charge in [-0.15, -0.1) is 0 Å². The zero-order valence-electron chi connectivity index (χ0n) is 14.5. The number of methoxy groups -OCH3 is 1. The van der Waals surface area contributed by atoms with Gasteiger partial charge in [0.25, 0.3) is 5.89 Å². The number of pyridine rings is 1. The number of aromatic nitrogens is 3. The van der Waals surface area contributed by atoms with Crippen molar-refractivity contribution in [3.05, 3.63) is 60.2 Å². The number of rotatable bonds is 7. The van der Waals surface area contributed by atoms with Crippen LogP contribution in [-0.4, -0.2) is 46.3 Å². The molecule has 0 bridgehead atoms. The predicted octanol–water partition coefficient (Wildman–Crippen LogP) is 2.54. The summed E-state index contributed by atoms with van der Waals surface area (Å²) in [6.45, 7) is 3.10. The van der Waals surface area contributed by atoms with E-state index in [-0.39, 0.29) is 6.10 Å². The summed E-state index contributed by atoms with van der Waals surface area (Å²) in [5.74, 6) is 1.87. The van der Waals surface area contributed by atoms with Crippen molar-refractivity contribution in [2.75, 3.05) is 20.2 Å². The normalized spacial score (nSPS) is 15.0. The Morgan fingerprint density at radius 1 is 1.12 bits per heavy atom. The lowest BCUT2D eigenvalue weighted by molar-refractivity contribution is 0.0146. The molecule has 7 heteroatoms. The van der Waals surface area contributed by atoms with Crippen molar-refractivity contribution in [1.82, 2.24) is 20.0 Å². The average Bonchev–Trinajstić information content (AvgIpc) is 3.10. The zero-order chi connectivity index (χ0) is 17.8. The maximum absolute atomic E-state index is 6.01. The molecular weight excluding hydrogens is 332 g/mol. The predicted molar refractivity (Wildman–Crippen MR) is 94.4 cm³/mol. The highest BCUT2D eigenvalue weighted by Gasteiger charge is 2.28. The van der Waals surface area contributed by atoms with Crippen molar-refractivity contribution in [3.8, 4) is 17.1 Å². The molecule has 0 atom stereocenters. The van der Waals surface area contributed by atoms with Crippen LogP contribution in [0.5, 0.6) is 5.75 Å². The molecular formula is C19H20N4O3. The van der Waals surface area contributed by atoms with Crippen molar-refractivity contribution in [2.45, 2.75) is 19.3 Å². The van der Waals surface area contributed by atoms with Crippen LogP contribution in [-0.2, 0) is 17.9 Å². The molecule has 1 saturated heterocycles. The van der Waals surface area contributed by atoms with Crippen LogP contribution < -0.4 is 4.74 Å². The maximum atomic E-state index is 6.01. The highest BCUT2D eigenvalue weighted by atomic mass is 16.5. The van der Waals surface area contributed by atoms with Gasteiger partial charge in [0.2, 0.25) is 5.82 Å². The van der Waals surface area contributed by atoms with Crippen LogP contribution in [0.3, 0.4) is 0 Å². The van der Waals surface area contributed by atoms with Gasteiger partial charge in [-0.05, 0) is 42.0 Å². The summed E-state index contributed by atoms with van der Waals surface area (Å²) in [6.07, 6.45) is 3.88. The van der Waals surface area contributed by atoms with Crippen LogP contribution in [0, 0.1) is 0 Å². The van der Waals surface area contributed by atoms with E-state index >= 15 is 0 Å². The SMILES string of the molecule is COCc1nc(-c2ccc(OC3CN(Cc4ccncc4)C3)cc2)no1. The lowest BCUT2D eigenvalue weighted by atomic mass is 10.1. The summed E-state index contributed by atoms with van der Waals surface area (Å²) in [7, 11) is 1.59. The lowest BCUT2D eigenvalue weighted by Gasteiger charge is -2.39. The van der Waals surface area contributed by atoms with E-state index < -0.39 is 0 Å². The van der Waals surface area contributed by atoms with E-state index in [1.807, 2.05) is 48.8 Å². The van der Waals surface area contributed by atoms with Gasteiger partial charge in [-0.1, -0.05) is 5.16 Å². The van der Waals surface area contributed by atoms with Crippen LogP contribution in [0.4, 0.5) is 0 Å². The van der Waals surface area contributed by atoms with Crippen LogP contribution in [0.15, 0.2) is 53.3 Å². The van der Waals surface area contributed by atoms with Crippen molar-refractivity contribution in [3.63, 3.8) is 0 Å². The highest BCUT2D eigenvalue weighted by Crippen LogP contribution is 2.23. The van der Waals surface area contributed by atoms with E-state index in [2.05, 4.69) is 20.0 Å². The molecule has 26 heavy (non-hydrogen) atoms. The Labute approximate surface area is 151 Å². The highest BCUT2D eigenvalue weighted by molar-refractivity contribution is 5.55. The van der Waals surface area contributed by atoms with E-state index in [4.69, 9.17) is 14.0 Å². The summed E-state index contributed by atoms with van der Waals surface area (Å²) in [5, 5.41) is 3.95. The Balaban J connectivity index is 1.28. The molecule has 3 aromatic rings. The van der Waals surface area contributed by atoms with E-state index in [1.165, 1.54) is 5.56 Å². The first-order valence-corrected chi connectivity index (χ1v) is 8.50. The van der Waals surface area contributed by atoms with E-state index in [0.29, 0.717) is 18.3 Å². The Bertz CT molecular complexity index is 830. The molecule has 4 rings (SSSR count). The number of likely N-dealkylation sites (tertiary alicyclic amines) is 1. The quantitative estimate of drug-likeness (QED) is 0.647. The molecule has 0 aliphatic carbocycles. The maximum Gasteiger partial charge on any atom is 0.252 e. The minimum absolute atomic E-state index is 0.223. The summed E-state index contributed by atoms with van der Waals surface area (Å²) in [4.78, 5) is 10.7. The zero-order valence-corrected chi connectivity index (χ0v) is 14.5. The molecule has 0 N–H and O–H groups in total. The summed E-state index contributed by atoms with van der Waals surface area (Å²) in [5.41, 5.74) is 2.16. The Hall–Kier alpha value is -2.77. The van der Waals surface area contributed by atoms with Crippen molar-refractivity contribution < 1.29 is 14.0 Å². The molecule has 1 aliphatic heterocycles. The molecule has 0 saturated carbocycles.